The van der Waals surface area contributed by atoms with Crippen LogP contribution in [0.3, 0.4) is 0 Å². The number of aromatic amines is 1. The Morgan fingerprint density at radius 3 is 2.67 bits per heavy atom. The van der Waals surface area contributed by atoms with Crippen molar-refractivity contribution in [2.75, 3.05) is 40.5 Å². The van der Waals surface area contributed by atoms with E-state index in [2.05, 4.69) is 14.9 Å². The number of carbonyl (C=O) groups is 1. The third kappa shape index (κ3) is 4.41. The maximum atomic E-state index is 11.8. The number of hydrogen-bond donors (Lipinski definition) is 1. The lowest BCUT2D eigenvalue weighted by Gasteiger charge is -2.26. The molecule has 1 fully saturated rings. The van der Waals surface area contributed by atoms with Crippen LogP contribution < -0.4 is 9.47 Å². The van der Waals surface area contributed by atoms with E-state index in [-0.39, 0.29) is 5.97 Å². The molecule has 1 saturated heterocycles. The maximum Gasteiger partial charge on any atom is 0.337 e. The van der Waals surface area contributed by atoms with Crippen LogP contribution in [-0.4, -0.2) is 61.3 Å². The summed E-state index contributed by atoms with van der Waals surface area (Å²) in [5.74, 6) is 1.72. The van der Waals surface area contributed by atoms with Crippen LogP contribution in [0, 0.1) is 0 Å². The van der Waals surface area contributed by atoms with Crippen molar-refractivity contribution in [3.05, 3.63) is 42.0 Å². The van der Waals surface area contributed by atoms with Gasteiger partial charge >= 0.3 is 5.97 Å². The zero-order valence-corrected chi connectivity index (χ0v) is 17.4. The first kappa shape index (κ1) is 20.2. The smallest absolute Gasteiger partial charge is 0.337 e. The Kier molecular flexibility index (Phi) is 6.18. The molecular formula is C23H27N3O4. The summed E-state index contributed by atoms with van der Waals surface area (Å²) >= 11 is 0. The van der Waals surface area contributed by atoms with Crippen LogP contribution in [-0.2, 0) is 4.74 Å². The molecule has 1 aliphatic rings. The van der Waals surface area contributed by atoms with Gasteiger partial charge in [0, 0.05) is 12.1 Å². The Labute approximate surface area is 176 Å². The molecule has 0 atom stereocenters. The molecule has 2 aromatic carbocycles. The average Bonchev–Trinajstić information content (AvgIpc) is 3.22. The van der Waals surface area contributed by atoms with Gasteiger partial charge in [0.2, 0.25) is 0 Å². The van der Waals surface area contributed by atoms with Crippen molar-refractivity contribution >= 4 is 17.0 Å². The lowest BCUT2D eigenvalue weighted by Crippen LogP contribution is -2.33. The molecule has 4 rings (SSSR count). The van der Waals surface area contributed by atoms with Crippen molar-refractivity contribution in [3.63, 3.8) is 0 Å². The minimum absolute atomic E-state index is 0.374. The summed E-state index contributed by atoms with van der Waals surface area (Å²) in [5, 5.41) is 0. The monoisotopic (exact) mass is 409 g/mol. The van der Waals surface area contributed by atoms with Crippen LogP contribution in [0.2, 0.25) is 0 Å². The van der Waals surface area contributed by atoms with E-state index in [1.807, 2.05) is 18.2 Å². The Hall–Kier alpha value is -3.06. The van der Waals surface area contributed by atoms with Crippen LogP contribution in [0.1, 0.15) is 29.6 Å². The van der Waals surface area contributed by atoms with E-state index >= 15 is 0 Å². The van der Waals surface area contributed by atoms with Gasteiger partial charge in [-0.15, -0.1) is 0 Å². The highest BCUT2D eigenvalue weighted by atomic mass is 16.5. The summed E-state index contributed by atoms with van der Waals surface area (Å²) in [6.07, 6.45) is 3.88. The number of methoxy groups -OCH3 is 2. The molecule has 1 aliphatic heterocycles. The van der Waals surface area contributed by atoms with E-state index in [9.17, 15) is 4.79 Å². The number of nitrogens with zero attached hydrogens (tertiary/aromatic N) is 2. The normalized spacial score (nSPS) is 14.6. The molecular weight excluding hydrogens is 382 g/mol. The minimum Gasteiger partial charge on any atom is -0.493 e. The molecule has 0 spiro atoms. The molecule has 158 valence electrons. The second kappa shape index (κ2) is 9.17. The fourth-order valence-corrected chi connectivity index (χ4v) is 3.79. The largest absolute Gasteiger partial charge is 0.493 e. The van der Waals surface area contributed by atoms with E-state index < -0.39 is 0 Å². The van der Waals surface area contributed by atoms with Gasteiger partial charge in [-0.3, -0.25) is 4.90 Å². The first-order valence-corrected chi connectivity index (χ1v) is 10.3. The number of fused-ring (bicyclic) bond motifs is 1. The number of benzene rings is 2. The van der Waals surface area contributed by atoms with Gasteiger partial charge in [0.15, 0.2) is 11.5 Å². The molecule has 1 aromatic heterocycles. The number of H-pyrrole nitrogens is 1. The molecule has 1 N–H and O–H groups in total. The second-order valence-corrected chi connectivity index (χ2v) is 7.43. The number of hydrogen-bond acceptors (Lipinski definition) is 6. The van der Waals surface area contributed by atoms with Crippen molar-refractivity contribution in [2.45, 2.75) is 19.3 Å². The number of carbonyl (C=O) groups excluding carboxylic acids is 1. The number of nitrogens with one attached hydrogen (secondary N) is 1. The molecule has 0 unspecified atom stereocenters. The topological polar surface area (TPSA) is 76.7 Å². The molecule has 2 heterocycles. The highest BCUT2D eigenvalue weighted by Crippen LogP contribution is 2.32. The molecule has 7 heteroatoms. The van der Waals surface area contributed by atoms with Crippen LogP contribution in [0.4, 0.5) is 0 Å². The van der Waals surface area contributed by atoms with Crippen molar-refractivity contribution in [1.82, 2.24) is 14.9 Å². The van der Waals surface area contributed by atoms with Gasteiger partial charge in [-0.05, 0) is 62.3 Å². The van der Waals surface area contributed by atoms with Crippen molar-refractivity contribution in [3.8, 4) is 22.9 Å². The summed E-state index contributed by atoms with van der Waals surface area (Å²) in [4.78, 5) is 22.1. The highest BCUT2D eigenvalue weighted by molar-refractivity contribution is 5.94. The molecule has 0 bridgehead atoms. The quantitative estimate of drug-likeness (QED) is 0.597. The summed E-state index contributed by atoms with van der Waals surface area (Å²) in [5.41, 5.74) is 2.91. The van der Waals surface area contributed by atoms with Gasteiger partial charge in [-0.25, -0.2) is 9.78 Å². The zero-order valence-electron chi connectivity index (χ0n) is 17.4. The lowest BCUT2D eigenvalue weighted by molar-refractivity contribution is 0.0601. The van der Waals surface area contributed by atoms with Gasteiger partial charge < -0.3 is 19.2 Å². The summed E-state index contributed by atoms with van der Waals surface area (Å²) in [7, 11) is 3.01. The van der Waals surface area contributed by atoms with E-state index in [1.54, 1.807) is 25.3 Å². The minimum atomic E-state index is -0.374. The van der Waals surface area contributed by atoms with Crippen molar-refractivity contribution in [1.29, 1.82) is 0 Å². The number of likely N-dealkylation sites (tertiary alicyclic amines) is 1. The van der Waals surface area contributed by atoms with Gasteiger partial charge in [-0.2, -0.15) is 0 Å². The van der Waals surface area contributed by atoms with Crippen LogP contribution in [0.15, 0.2) is 36.4 Å². The standard InChI is InChI=1S/C23H27N3O4/c1-28-21-15-16(7-9-20(21)30-13-12-26-10-4-3-5-11-26)22-24-18-8-6-17(23(27)29-2)14-19(18)25-22/h6-9,14-15H,3-5,10-13H2,1-2H3,(H,24,25). The van der Waals surface area contributed by atoms with Gasteiger partial charge in [0.05, 0.1) is 30.8 Å². The molecule has 0 amide bonds. The van der Waals surface area contributed by atoms with Crippen LogP contribution >= 0.6 is 0 Å². The number of ether oxygens (including phenoxy) is 3. The number of imidazole rings is 1. The third-order valence-electron chi connectivity index (χ3n) is 5.45. The number of piperidine rings is 1. The Morgan fingerprint density at radius 2 is 1.90 bits per heavy atom. The SMILES string of the molecule is COC(=O)c1ccc2nc(-c3ccc(OCCN4CCCCC4)c(OC)c3)[nH]c2c1. The third-order valence-corrected chi connectivity index (χ3v) is 5.45. The fraction of sp³-hybridized carbons (Fsp3) is 0.391. The molecule has 3 aromatic rings. The lowest BCUT2D eigenvalue weighted by atomic mass is 10.1. The first-order valence-electron chi connectivity index (χ1n) is 10.3. The maximum absolute atomic E-state index is 11.8. The molecule has 0 saturated carbocycles. The van der Waals surface area contributed by atoms with Crippen molar-refractivity contribution in [2.24, 2.45) is 0 Å². The zero-order chi connectivity index (χ0) is 20.9. The van der Waals surface area contributed by atoms with E-state index in [1.165, 1.54) is 26.4 Å². The Morgan fingerprint density at radius 1 is 1.07 bits per heavy atom. The van der Waals surface area contributed by atoms with Gasteiger partial charge in [0.25, 0.3) is 0 Å². The average molecular weight is 409 g/mol. The number of rotatable bonds is 7. The molecule has 7 nitrogen and oxygen atoms in total. The predicted octanol–water partition coefficient (Wildman–Crippen LogP) is 3.89. The van der Waals surface area contributed by atoms with Crippen molar-refractivity contribution < 1.29 is 19.0 Å². The van der Waals surface area contributed by atoms with E-state index in [4.69, 9.17) is 14.2 Å². The number of esters is 1. The second-order valence-electron chi connectivity index (χ2n) is 7.43. The molecule has 0 radical (unpaired) electrons. The Bertz CT molecular complexity index is 1020. The van der Waals surface area contributed by atoms with Crippen LogP contribution in [0.5, 0.6) is 11.5 Å². The Balaban J connectivity index is 1.49. The molecule has 0 aliphatic carbocycles. The van der Waals surface area contributed by atoms with Gasteiger partial charge in [0.1, 0.15) is 12.4 Å². The molecule has 30 heavy (non-hydrogen) atoms. The van der Waals surface area contributed by atoms with Crippen LogP contribution in [0.25, 0.3) is 22.4 Å². The van der Waals surface area contributed by atoms with Gasteiger partial charge in [-0.1, -0.05) is 6.42 Å². The fourth-order valence-electron chi connectivity index (χ4n) is 3.79. The highest BCUT2D eigenvalue weighted by Gasteiger charge is 2.14. The summed E-state index contributed by atoms with van der Waals surface area (Å²) < 4.78 is 16.3. The summed E-state index contributed by atoms with van der Waals surface area (Å²) in [6.45, 7) is 3.88. The van der Waals surface area contributed by atoms with E-state index in [0.29, 0.717) is 23.7 Å². The first-order chi connectivity index (χ1) is 14.7. The van der Waals surface area contributed by atoms with E-state index in [0.717, 1.165) is 42.0 Å². The predicted molar refractivity (Wildman–Crippen MR) is 115 cm³/mol. The number of aromatic nitrogens is 2. The summed E-state index contributed by atoms with van der Waals surface area (Å²) in [6, 6.07) is 11.0.